The lowest BCUT2D eigenvalue weighted by Crippen LogP contribution is -2.32. The van der Waals surface area contributed by atoms with Crippen LogP contribution in [-0.2, 0) is 11.3 Å². The first-order chi connectivity index (χ1) is 8.81. The molecule has 18 heavy (non-hydrogen) atoms. The molecule has 0 bridgehead atoms. The molecule has 1 amide bonds. The maximum absolute atomic E-state index is 12.3. The summed E-state index contributed by atoms with van der Waals surface area (Å²) >= 11 is 3.12. The van der Waals surface area contributed by atoms with E-state index in [2.05, 4.69) is 5.38 Å². The van der Waals surface area contributed by atoms with E-state index in [1.54, 1.807) is 18.4 Å². The Morgan fingerprint density at radius 2 is 2.28 bits per heavy atom. The minimum absolute atomic E-state index is 0.0771. The van der Waals surface area contributed by atoms with Gasteiger partial charge in [0, 0.05) is 20.2 Å². The quantitative estimate of drug-likeness (QED) is 0.814. The van der Waals surface area contributed by atoms with Crippen molar-refractivity contribution in [3.05, 3.63) is 44.8 Å². The number of amides is 1. The van der Waals surface area contributed by atoms with Crippen molar-refractivity contribution < 1.29 is 9.53 Å². The van der Waals surface area contributed by atoms with E-state index >= 15 is 0 Å². The maximum Gasteiger partial charge on any atom is 0.264 e. The molecule has 0 aromatic carbocycles. The van der Waals surface area contributed by atoms with E-state index in [-0.39, 0.29) is 5.91 Å². The van der Waals surface area contributed by atoms with Gasteiger partial charge in [0.25, 0.3) is 5.91 Å². The van der Waals surface area contributed by atoms with Crippen LogP contribution in [0, 0.1) is 0 Å². The van der Waals surface area contributed by atoms with Crippen LogP contribution in [0.3, 0.4) is 0 Å². The van der Waals surface area contributed by atoms with Gasteiger partial charge in [-0.3, -0.25) is 4.79 Å². The number of thiophene rings is 2. The van der Waals surface area contributed by atoms with Crippen LogP contribution in [0.2, 0.25) is 0 Å². The lowest BCUT2D eigenvalue weighted by Gasteiger charge is -2.21. The zero-order valence-electron chi connectivity index (χ0n) is 10.2. The highest BCUT2D eigenvalue weighted by atomic mass is 32.1. The van der Waals surface area contributed by atoms with Crippen LogP contribution in [0.25, 0.3) is 0 Å². The Morgan fingerprint density at radius 1 is 1.39 bits per heavy atom. The summed E-state index contributed by atoms with van der Waals surface area (Å²) in [6.45, 7) is 1.81. The molecule has 2 rings (SSSR count). The average Bonchev–Trinajstić information content (AvgIpc) is 3.06. The van der Waals surface area contributed by atoms with Gasteiger partial charge in [0.1, 0.15) is 0 Å². The third kappa shape index (κ3) is 3.41. The molecule has 0 saturated heterocycles. The van der Waals surface area contributed by atoms with E-state index < -0.39 is 0 Å². The lowest BCUT2D eigenvalue weighted by molar-refractivity contribution is 0.0685. The molecule has 0 N–H and O–H groups in total. The molecule has 2 aromatic heterocycles. The molecule has 0 unspecified atom stereocenters. The summed E-state index contributed by atoms with van der Waals surface area (Å²) in [4.78, 5) is 14.9. The summed E-state index contributed by atoms with van der Waals surface area (Å²) in [7, 11) is 1.65. The summed E-state index contributed by atoms with van der Waals surface area (Å²) < 4.78 is 5.07. The molecule has 0 aliphatic carbocycles. The van der Waals surface area contributed by atoms with Crippen LogP contribution in [0.15, 0.2) is 34.3 Å². The molecule has 0 fully saturated rings. The van der Waals surface area contributed by atoms with E-state index in [0.717, 1.165) is 4.88 Å². The Bertz CT molecular complexity index is 465. The highest BCUT2D eigenvalue weighted by Gasteiger charge is 2.16. The van der Waals surface area contributed by atoms with Gasteiger partial charge in [-0.1, -0.05) is 6.07 Å². The zero-order valence-corrected chi connectivity index (χ0v) is 11.8. The first-order valence-corrected chi connectivity index (χ1v) is 7.46. The second-order valence-electron chi connectivity index (χ2n) is 3.83. The van der Waals surface area contributed by atoms with Crippen molar-refractivity contribution in [1.82, 2.24) is 4.90 Å². The Balaban J connectivity index is 2.07. The number of methoxy groups -OCH3 is 1. The number of hydrogen-bond acceptors (Lipinski definition) is 4. The van der Waals surface area contributed by atoms with Crippen molar-refractivity contribution in [3.8, 4) is 0 Å². The minimum Gasteiger partial charge on any atom is -0.383 e. The van der Waals surface area contributed by atoms with Crippen molar-refractivity contribution in [2.75, 3.05) is 20.3 Å². The topological polar surface area (TPSA) is 29.5 Å². The summed E-state index contributed by atoms with van der Waals surface area (Å²) in [5.41, 5.74) is 1.17. The Kier molecular flexibility index (Phi) is 4.92. The predicted octanol–water partition coefficient (Wildman–Crippen LogP) is 3.10. The fourth-order valence-corrected chi connectivity index (χ4v) is 2.96. The second-order valence-corrected chi connectivity index (χ2v) is 5.56. The first-order valence-electron chi connectivity index (χ1n) is 5.64. The van der Waals surface area contributed by atoms with Crippen molar-refractivity contribution in [3.63, 3.8) is 0 Å². The first kappa shape index (κ1) is 13.3. The summed E-state index contributed by atoms with van der Waals surface area (Å²) in [5, 5.41) is 6.02. The molecule has 0 spiro atoms. The fourth-order valence-electron chi connectivity index (χ4n) is 1.61. The van der Waals surface area contributed by atoms with E-state index in [1.807, 2.05) is 33.9 Å². The number of hydrogen-bond donors (Lipinski definition) is 0. The van der Waals surface area contributed by atoms with Gasteiger partial charge in [0.15, 0.2) is 0 Å². The number of nitrogens with zero attached hydrogens (tertiary/aromatic N) is 1. The highest BCUT2D eigenvalue weighted by molar-refractivity contribution is 7.12. The van der Waals surface area contributed by atoms with E-state index in [9.17, 15) is 4.79 Å². The summed E-state index contributed by atoms with van der Waals surface area (Å²) in [5.74, 6) is 0.0771. The molecule has 0 aliphatic heterocycles. The van der Waals surface area contributed by atoms with Crippen molar-refractivity contribution in [1.29, 1.82) is 0 Å². The SMILES string of the molecule is COCCN(Cc1ccsc1)C(=O)c1cccs1. The van der Waals surface area contributed by atoms with Gasteiger partial charge in [-0.05, 0) is 33.8 Å². The van der Waals surface area contributed by atoms with Crippen LogP contribution in [0.5, 0.6) is 0 Å². The summed E-state index contributed by atoms with van der Waals surface area (Å²) in [6.07, 6.45) is 0. The molecule has 2 aromatic rings. The fraction of sp³-hybridized carbons (Fsp3) is 0.308. The van der Waals surface area contributed by atoms with Crippen LogP contribution in [0.1, 0.15) is 15.2 Å². The van der Waals surface area contributed by atoms with E-state index in [1.165, 1.54) is 16.9 Å². The molecule has 0 radical (unpaired) electrons. The monoisotopic (exact) mass is 281 g/mol. The van der Waals surface area contributed by atoms with Gasteiger partial charge in [-0.15, -0.1) is 11.3 Å². The molecule has 0 saturated carbocycles. The largest absolute Gasteiger partial charge is 0.383 e. The van der Waals surface area contributed by atoms with Gasteiger partial charge < -0.3 is 9.64 Å². The molecule has 5 heteroatoms. The standard InChI is InChI=1S/C13H15NO2S2/c1-16-6-5-14(9-11-4-8-17-10-11)13(15)12-3-2-7-18-12/h2-4,7-8,10H,5-6,9H2,1H3. The highest BCUT2D eigenvalue weighted by Crippen LogP contribution is 2.15. The van der Waals surface area contributed by atoms with Crippen molar-refractivity contribution in [2.24, 2.45) is 0 Å². The lowest BCUT2D eigenvalue weighted by atomic mass is 10.3. The number of ether oxygens (including phenoxy) is 1. The van der Waals surface area contributed by atoms with Crippen LogP contribution in [0.4, 0.5) is 0 Å². The molecular weight excluding hydrogens is 266 g/mol. The van der Waals surface area contributed by atoms with Crippen molar-refractivity contribution in [2.45, 2.75) is 6.54 Å². The molecule has 0 aliphatic rings. The minimum atomic E-state index is 0.0771. The summed E-state index contributed by atoms with van der Waals surface area (Å²) in [6, 6.07) is 5.81. The average molecular weight is 281 g/mol. The Morgan fingerprint density at radius 3 is 2.89 bits per heavy atom. The van der Waals surface area contributed by atoms with Crippen LogP contribution >= 0.6 is 22.7 Å². The Labute approximate surface area is 115 Å². The van der Waals surface area contributed by atoms with Crippen LogP contribution < -0.4 is 0 Å². The third-order valence-electron chi connectivity index (χ3n) is 2.54. The van der Waals surface area contributed by atoms with Crippen molar-refractivity contribution >= 4 is 28.6 Å². The van der Waals surface area contributed by atoms with Gasteiger partial charge in [-0.2, -0.15) is 11.3 Å². The molecule has 0 atom stereocenters. The zero-order chi connectivity index (χ0) is 12.8. The van der Waals surface area contributed by atoms with E-state index in [0.29, 0.717) is 19.7 Å². The molecule has 3 nitrogen and oxygen atoms in total. The molecular formula is C13H15NO2S2. The molecule has 2 heterocycles. The number of carbonyl (C=O) groups excluding carboxylic acids is 1. The second kappa shape index (κ2) is 6.68. The normalized spacial score (nSPS) is 10.5. The smallest absolute Gasteiger partial charge is 0.264 e. The third-order valence-corrected chi connectivity index (χ3v) is 4.13. The van der Waals surface area contributed by atoms with Gasteiger partial charge in [0.2, 0.25) is 0 Å². The van der Waals surface area contributed by atoms with E-state index in [4.69, 9.17) is 4.74 Å². The predicted molar refractivity (Wildman–Crippen MR) is 75.3 cm³/mol. The molecule has 96 valence electrons. The van der Waals surface area contributed by atoms with Gasteiger partial charge in [-0.25, -0.2) is 0 Å². The Hall–Kier alpha value is -1.17. The van der Waals surface area contributed by atoms with Gasteiger partial charge >= 0.3 is 0 Å². The number of rotatable bonds is 6. The maximum atomic E-state index is 12.3. The number of carbonyl (C=O) groups is 1. The van der Waals surface area contributed by atoms with Gasteiger partial charge in [0.05, 0.1) is 11.5 Å². The van der Waals surface area contributed by atoms with Crippen LogP contribution in [-0.4, -0.2) is 31.1 Å².